The van der Waals surface area contributed by atoms with Crippen molar-refractivity contribution in [1.29, 1.82) is 0 Å². The van der Waals surface area contributed by atoms with Crippen molar-refractivity contribution in [2.75, 3.05) is 21.7 Å². The van der Waals surface area contributed by atoms with Crippen molar-refractivity contribution in [1.82, 2.24) is 0 Å². The largest absolute Gasteiger partial charge is 0.452 e. The smallest absolute Gasteiger partial charge is 0.338 e. The second-order valence-corrected chi connectivity index (χ2v) is 9.77. The van der Waals surface area contributed by atoms with Gasteiger partial charge in [-0.25, -0.2) is 4.79 Å². The summed E-state index contributed by atoms with van der Waals surface area (Å²) in [4.78, 5) is 54.6. The van der Waals surface area contributed by atoms with E-state index in [2.05, 4.69) is 5.32 Å². The van der Waals surface area contributed by atoms with Gasteiger partial charge in [0, 0.05) is 5.69 Å². The van der Waals surface area contributed by atoms with Gasteiger partial charge in [0.2, 0.25) is 0 Å². The van der Waals surface area contributed by atoms with Gasteiger partial charge in [-0.15, -0.1) is 0 Å². The summed E-state index contributed by atoms with van der Waals surface area (Å²) >= 11 is 5.62. The van der Waals surface area contributed by atoms with Crippen molar-refractivity contribution in [2.24, 2.45) is 0 Å². The number of hydrogen-bond donors (Lipinski definition) is 1. The molecule has 1 saturated heterocycles. The number of carbonyl (C=O) groups is 4. The molecule has 0 radical (unpaired) electrons. The second-order valence-electron chi connectivity index (χ2n) is 9.41. The van der Waals surface area contributed by atoms with Gasteiger partial charge in [-0.3, -0.25) is 24.2 Å². The summed E-state index contributed by atoms with van der Waals surface area (Å²) in [5.41, 5.74) is 3.32. The number of nitrogens with one attached hydrogen (secondary N) is 1. The van der Waals surface area contributed by atoms with Gasteiger partial charge in [-0.05, 0) is 79.3 Å². The fraction of sp³-hybridized carbons (Fsp3) is 0.0606. The van der Waals surface area contributed by atoms with Gasteiger partial charge < -0.3 is 10.1 Å². The SMILES string of the molecule is Cc1ccc(NC(=O)COC(=O)c2ccc(C=C3C(=O)N(c4ccccc4)C(=S)N(c4ccccc4)C3=O)cc2)cc1. The summed E-state index contributed by atoms with van der Waals surface area (Å²) in [5, 5.41) is 2.71. The van der Waals surface area contributed by atoms with Crippen molar-refractivity contribution in [3.05, 3.63) is 131 Å². The van der Waals surface area contributed by atoms with E-state index in [0.29, 0.717) is 22.6 Å². The van der Waals surface area contributed by atoms with Crippen LogP contribution in [-0.4, -0.2) is 35.4 Å². The molecule has 0 aliphatic carbocycles. The number of benzene rings is 4. The Morgan fingerprint density at radius 2 is 1.29 bits per heavy atom. The molecule has 8 nitrogen and oxygen atoms in total. The Kier molecular flexibility index (Phi) is 8.31. The molecule has 1 aliphatic heterocycles. The molecule has 42 heavy (non-hydrogen) atoms. The molecule has 0 atom stereocenters. The lowest BCUT2D eigenvalue weighted by molar-refractivity contribution is -0.121. The predicted octanol–water partition coefficient (Wildman–Crippen LogP) is 5.54. The number of carbonyl (C=O) groups excluding carboxylic acids is 4. The highest BCUT2D eigenvalue weighted by molar-refractivity contribution is 7.81. The molecule has 0 bridgehead atoms. The van der Waals surface area contributed by atoms with Crippen molar-refractivity contribution in [2.45, 2.75) is 6.92 Å². The van der Waals surface area contributed by atoms with Crippen LogP contribution in [0.5, 0.6) is 0 Å². The van der Waals surface area contributed by atoms with Crippen LogP contribution in [0, 0.1) is 6.92 Å². The number of aryl methyl sites for hydroxylation is 1. The quantitative estimate of drug-likeness (QED) is 0.135. The van der Waals surface area contributed by atoms with Gasteiger partial charge in [0.05, 0.1) is 16.9 Å². The first-order chi connectivity index (χ1) is 20.3. The molecule has 5 rings (SSSR count). The van der Waals surface area contributed by atoms with Gasteiger partial charge in [-0.1, -0.05) is 66.2 Å². The summed E-state index contributed by atoms with van der Waals surface area (Å²) in [7, 11) is 0. The Bertz CT molecular complexity index is 1620. The number of rotatable bonds is 7. The van der Waals surface area contributed by atoms with Crippen molar-refractivity contribution in [3.8, 4) is 0 Å². The van der Waals surface area contributed by atoms with Crippen LogP contribution in [0.25, 0.3) is 6.08 Å². The fourth-order valence-electron chi connectivity index (χ4n) is 4.27. The molecule has 9 heteroatoms. The number of para-hydroxylation sites is 2. The van der Waals surface area contributed by atoms with E-state index in [-0.39, 0.29) is 16.2 Å². The highest BCUT2D eigenvalue weighted by atomic mass is 32.1. The minimum Gasteiger partial charge on any atom is -0.452 e. The van der Waals surface area contributed by atoms with Gasteiger partial charge in [0.25, 0.3) is 17.7 Å². The fourth-order valence-corrected chi connectivity index (χ4v) is 4.65. The van der Waals surface area contributed by atoms with E-state index in [1.165, 1.54) is 28.0 Å². The molecule has 1 aliphatic rings. The molecular formula is C33H25N3O5S. The normalized spacial score (nSPS) is 13.2. The Hall–Kier alpha value is -5.41. The highest BCUT2D eigenvalue weighted by Gasteiger charge is 2.41. The summed E-state index contributed by atoms with van der Waals surface area (Å²) in [6.07, 6.45) is 1.46. The number of hydrogen-bond acceptors (Lipinski definition) is 6. The number of nitrogens with zero attached hydrogens (tertiary/aromatic N) is 2. The average Bonchev–Trinajstić information content (AvgIpc) is 3.01. The number of esters is 1. The van der Waals surface area contributed by atoms with E-state index in [4.69, 9.17) is 17.0 Å². The molecular weight excluding hydrogens is 550 g/mol. The molecule has 1 N–H and O–H groups in total. The highest BCUT2D eigenvalue weighted by Crippen LogP contribution is 2.29. The van der Waals surface area contributed by atoms with Crippen molar-refractivity contribution >= 4 is 64.2 Å². The van der Waals surface area contributed by atoms with Gasteiger partial charge in [-0.2, -0.15) is 0 Å². The standard InChI is InChI=1S/C33H25N3O5S/c1-22-12-18-25(19-13-22)34-29(37)21-41-32(40)24-16-14-23(15-17-24)20-28-30(38)35(26-8-4-2-5-9-26)33(42)36(31(28)39)27-10-6-3-7-11-27/h2-20H,21H2,1H3,(H,34,37). The first kappa shape index (κ1) is 28.1. The zero-order chi connectivity index (χ0) is 29.6. The van der Waals surface area contributed by atoms with E-state index < -0.39 is 30.3 Å². The first-order valence-electron chi connectivity index (χ1n) is 13.0. The molecule has 3 amide bonds. The topological polar surface area (TPSA) is 96.0 Å². The number of anilines is 3. The molecule has 208 valence electrons. The van der Waals surface area contributed by atoms with Crippen LogP contribution >= 0.6 is 12.2 Å². The van der Waals surface area contributed by atoms with Crippen LogP contribution in [0.1, 0.15) is 21.5 Å². The lowest BCUT2D eigenvalue weighted by Gasteiger charge is -2.36. The lowest BCUT2D eigenvalue weighted by atomic mass is 10.0. The lowest BCUT2D eigenvalue weighted by Crippen LogP contribution is -2.56. The van der Waals surface area contributed by atoms with E-state index in [1.807, 2.05) is 31.2 Å². The molecule has 0 unspecified atom stereocenters. The molecule has 4 aromatic rings. The van der Waals surface area contributed by atoms with Gasteiger partial charge >= 0.3 is 5.97 Å². The summed E-state index contributed by atoms with van der Waals surface area (Å²) in [6, 6.07) is 31.1. The zero-order valence-corrected chi connectivity index (χ0v) is 23.3. The van der Waals surface area contributed by atoms with Crippen LogP contribution in [0.3, 0.4) is 0 Å². The molecule has 0 saturated carbocycles. The third-order valence-corrected chi connectivity index (χ3v) is 6.77. The summed E-state index contributed by atoms with van der Waals surface area (Å²) in [5.74, 6) is -2.28. The Labute approximate surface area is 247 Å². The van der Waals surface area contributed by atoms with Gasteiger partial charge in [0.1, 0.15) is 5.57 Å². The van der Waals surface area contributed by atoms with Crippen LogP contribution < -0.4 is 15.1 Å². The second kappa shape index (κ2) is 12.4. The van der Waals surface area contributed by atoms with E-state index >= 15 is 0 Å². The monoisotopic (exact) mass is 575 g/mol. The van der Waals surface area contributed by atoms with E-state index in [9.17, 15) is 19.2 Å². The maximum Gasteiger partial charge on any atom is 0.338 e. The van der Waals surface area contributed by atoms with E-state index in [0.717, 1.165) is 5.56 Å². The van der Waals surface area contributed by atoms with Gasteiger partial charge in [0.15, 0.2) is 11.7 Å². The molecule has 0 spiro atoms. The summed E-state index contributed by atoms with van der Waals surface area (Å²) < 4.78 is 5.15. The average molecular weight is 576 g/mol. The Morgan fingerprint density at radius 3 is 1.81 bits per heavy atom. The maximum atomic E-state index is 13.6. The molecule has 4 aromatic carbocycles. The van der Waals surface area contributed by atoms with E-state index in [1.54, 1.807) is 72.8 Å². The van der Waals surface area contributed by atoms with Crippen LogP contribution in [-0.2, 0) is 19.1 Å². The maximum absolute atomic E-state index is 13.6. The third-order valence-electron chi connectivity index (χ3n) is 6.41. The Morgan fingerprint density at radius 1 is 0.762 bits per heavy atom. The van der Waals surface area contributed by atoms with Crippen molar-refractivity contribution in [3.63, 3.8) is 0 Å². The minimum absolute atomic E-state index is 0.0454. The summed E-state index contributed by atoms with van der Waals surface area (Å²) in [6.45, 7) is 1.49. The number of thiocarbonyl (C=S) groups is 1. The first-order valence-corrected chi connectivity index (χ1v) is 13.4. The minimum atomic E-state index is -0.686. The molecule has 1 fully saturated rings. The van der Waals surface area contributed by atoms with Crippen LogP contribution in [0.2, 0.25) is 0 Å². The van der Waals surface area contributed by atoms with Crippen LogP contribution in [0.4, 0.5) is 17.1 Å². The molecule has 1 heterocycles. The Balaban J connectivity index is 1.34. The molecule has 0 aromatic heterocycles. The zero-order valence-electron chi connectivity index (χ0n) is 22.5. The number of amides is 3. The van der Waals surface area contributed by atoms with Crippen LogP contribution in [0.15, 0.2) is 115 Å². The third kappa shape index (κ3) is 6.16. The number of ether oxygens (including phenoxy) is 1. The predicted molar refractivity (Wildman–Crippen MR) is 165 cm³/mol. The van der Waals surface area contributed by atoms with Crippen molar-refractivity contribution < 1.29 is 23.9 Å².